The molecule has 1 fully saturated rings. The highest BCUT2D eigenvalue weighted by Gasteiger charge is 2.30. The van der Waals surface area contributed by atoms with Gasteiger partial charge in [-0.25, -0.2) is 0 Å². The minimum Gasteiger partial charge on any atom is -0.459 e. The molecule has 1 aliphatic heterocycles. The second kappa shape index (κ2) is 8.30. The van der Waals surface area contributed by atoms with E-state index in [-0.39, 0.29) is 23.6 Å². The van der Waals surface area contributed by atoms with Crippen LogP contribution in [0, 0.1) is 23.2 Å². The van der Waals surface area contributed by atoms with Crippen LogP contribution in [0.3, 0.4) is 0 Å². The molecule has 1 amide bonds. The lowest BCUT2D eigenvalue weighted by Crippen LogP contribution is -2.44. The van der Waals surface area contributed by atoms with Crippen molar-refractivity contribution in [3.63, 3.8) is 0 Å². The summed E-state index contributed by atoms with van der Waals surface area (Å²) in [4.78, 5) is 18.7. The molecule has 1 N–H and O–H groups in total. The number of hydrogen-bond acceptors (Lipinski definition) is 6. The smallest absolute Gasteiger partial charge is 0.266 e. The normalized spacial score (nSPS) is 17.3. The van der Waals surface area contributed by atoms with Gasteiger partial charge in [0.25, 0.3) is 5.89 Å². The molecular weight excluding hydrogens is 344 g/mol. The van der Waals surface area contributed by atoms with Crippen LogP contribution in [0.2, 0.25) is 0 Å². The fourth-order valence-electron chi connectivity index (χ4n) is 3.29. The van der Waals surface area contributed by atoms with Gasteiger partial charge < -0.3 is 19.1 Å². The van der Waals surface area contributed by atoms with Crippen LogP contribution in [0.25, 0.3) is 11.7 Å². The number of rotatable bonds is 6. The SMILES string of the molecule is CCC(C)C(C)NC(=O)C1CCN(c2oc(-c3ccco3)nc2C#N)CC1. The predicted octanol–water partition coefficient (Wildman–Crippen LogP) is 3.57. The van der Waals surface area contributed by atoms with Crippen molar-refractivity contribution in [2.24, 2.45) is 11.8 Å². The summed E-state index contributed by atoms with van der Waals surface area (Å²) < 4.78 is 11.1. The molecule has 2 aromatic rings. The zero-order valence-corrected chi connectivity index (χ0v) is 16.1. The minimum absolute atomic E-state index is 0.00856. The molecule has 0 bridgehead atoms. The van der Waals surface area contributed by atoms with Crippen molar-refractivity contribution in [2.75, 3.05) is 18.0 Å². The Bertz CT molecular complexity index is 798. The molecule has 3 heterocycles. The maximum atomic E-state index is 12.5. The van der Waals surface area contributed by atoms with Gasteiger partial charge in [0.2, 0.25) is 17.5 Å². The molecule has 3 rings (SSSR count). The third kappa shape index (κ3) is 4.16. The summed E-state index contributed by atoms with van der Waals surface area (Å²) in [5, 5.41) is 12.5. The summed E-state index contributed by atoms with van der Waals surface area (Å²) in [5.41, 5.74) is 0.245. The summed E-state index contributed by atoms with van der Waals surface area (Å²) >= 11 is 0. The summed E-state index contributed by atoms with van der Waals surface area (Å²) in [7, 11) is 0. The van der Waals surface area contributed by atoms with E-state index in [1.807, 2.05) is 4.90 Å². The number of hydrogen-bond donors (Lipinski definition) is 1. The van der Waals surface area contributed by atoms with E-state index in [1.54, 1.807) is 12.1 Å². The highest BCUT2D eigenvalue weighted by atomic mass is 16.4. The van der Waals surface area contributed by atoms with E-state index in [0.29, 0.717) is 36.5 Å². The molecule has 27 heavy (non-hydrogen) atoms. The van der Waals surface area contributed by atoms with Gasteiger partial charge in [-0.2, -0.15) is 10.2 Å². The van der Waals surface area contributed by atoms with Crippen molar-refractivity contribution in [3.8, 4) is 17.7 Å². The highest BCUT2D eigenvalue weighted by Crippen LogP contribution is 2.31. The Balaban J connectivity index is 1.63. The Hall–Kier alpha value is -2.75. The number of anilines is 1. The number of nitrogens with zero attached hydrogens (tertiary/aromatic N) is 3. The first-order valence-electron chi connectivity index (χ1n) is 9.53. The zero-order valence-electron chi connectivity index (χ0n) is 16.1. The van der Waals surface area contributed by atoms with Crippen molar-refractivity contribution < 1.29 is 13.6 Å². The number of nitriles is 1. The molecule has 2 aromatic heterocycles. The van der Waals surface area contributed by atoms with E-state index in [4.69, 9.17) is 8.83 Å². The largest absolute Gasteiger partial charge is 0.459 e. The first-order valence-corrected chi connectivity index (χ1v) is 9.53. The second-order valence-corrected chi connectivity index (χ2v) is 7.21. The lowest BCUT2D eigenvalue weighted by Gasteiger charge is -2.32. The second-order valence-electron chi connectivity index (χ2n) is 7.21. The Morgan fingerprint density at radius 2 is 2.19 bits per heavy atom. The maximum Gasteiger partial charge on any atom is 0.266 e. The van der Waals surface area contributed by atoms with Gasteiger partial charge in [-0.3, -0.25) is 4.79 Å². The van der Waals surface area contributed by atoms with Crippen molar-refractivity contribution in [1.82, 2.24) is 10.3 Å². The van der Waals surface area contributed by atoms with Crippen molar-refractivity contribution >= 4 is 11.8 Å². The number of piperidine rings is 1. The third-order valence-electron chi connectivity index (χ3n) is 5.47. The van der Waals surface area contributed by atoms with Crippen LogP contribution in [0.1, 0.15) is 45.7 Å². The van der Waals surface area contributed by atoms with Crippen molar-refractivity contribution in [2.45, 2.75) is 46.1 Å². The first kappa shape index (κ1) is 19.0. The van der Waals surface area contributed by atoms with E-state index >= 15 is 0 Å². The number of oxazole rings is 1. The number of amides is 1. The van der Waals surface area contributed by atoms with E-state index in [2.05, 4.69) is 37.1 Å². The average Bonchev–Trinajstić information content (AvgIpc) is 3.36. The molecule has 2 unspecified atom stereocenters. The van der Waals surface area contributed by atoms with E-state index in [0.717, 1.165) is 19.3 Å². The maximum absolute atomic E-state index is 12.5. The van der Waals surface area contributed by atoms with Gasteiger partial charge in [0.05, 0.1) is 6.26 Å². The van der Waals surface area contributed by atoms with Crippen LogP contribution >= 0.6 is 0 Å². The Kier molecular flexibility index (Phi) is 5.84. The van der Waals surface area contributed by atoms with E-state index < -0.39 is 0 Å². The number of carbonyl (C=O) groups is 1. The monoisotopic (exact) mass is 370 g/mol. The summed E-state index contributed by atoms with van der Waals surface area (Å²) in [6.07, 6.45) is 4.03. The standard InChI is InChI=1S/C20H26N4O3/c1-4-13(2)14(3)22-18(25)15-7-9-24(10-8-15)20-16(12-21)23-19(27-20)17-6-5-11-26-17/h5-6,11,13-15H,4,7-10H2,1-3H3,(H,22,25). The Morgan fingerprint density at radius 3 is 2.78 bits per heavy atom. The number of aromatic nitrogens is 1. The minimum atomic E-state index is -0.00856. The molecule has 7 nitrogen and oxygen atoms in total. The van der Waals surface area contributed by atoms with E-state index in [9.17, 15) is 10.1 Å². The Labute approximate surface area is 159 Å². The third-order valence-corrected chi connectivity index (χ3v) is 5.47. The van der Waals surface area contributed by atoms with Gasteiger partial charge in [-0.05, 0) is 37.8 Å². The molecule has 144 valence electrons. The van der Waals surface area contributed by atoms with Crippen LogP contribution in [0.4, 0.5) is 5.88 Å². The summed E-state index contributed by atoms with van der Waals surface area (Å²) in [6.45, 7) is 7.64. The molecule has 0 spiro atoms. The van der Waals surface area contributed by atoms with Gasteiger partial charge in [-0.15, -0.1) is 0 Å². The first-order chi connectivity index (χ1) is 13.0. The lowest BCUT2D eigenvalue weighted by atomic mass is 9.94. The molecule has 0 aromatic carbocycles. The van der Waals surface area contributed by atoms with Crippen LogP contribution in [-0.2, 0) is 4.79 Å². The average molecular weight is 370 g/mol. The molecule has 7 heteroatoms. The fourth-order valence-corrected chi connectivity index (χ4v) is 3.29. The van der Waals surface area contributed by atoms with Crippen LogP contribution in [0.15, 0.2) is 27.2 Å². The molecule has 0 saturated carbocycles. The summed E-state index contributed by atoms with van der Waals surface area (Å²) in [5.74, 6) is 1.82. The Morgan fingerprint density at radius 1 is 1.44 bits per heavy atom. The molecule has 0 radical (unpaired) electrons. The van der Waals surface area contributed by atoms with Gasteiger partial charge in [0.15, 0.2) is 5.76 Å². The van der Waals surface area contributed by atoms with Crippen LogP contribution in [-0.4, -0.2) is 30.0 Å². The van der Waals surface area contributed by atoms with E-state index in [1.165, 1.54) is 6.26 Å². The quantitative estimate of drug-likeness (QED) is 0.835. The zero-order chi connectivity index (χ0) is 19.4. The lowest BCUT2D eigenvalue weighted by molar-refractivity contribution is -0.126. The number of nitrogens with one attached hydrogen (secondary N) is 1. The van der Waals surface area contributed by atoms with Crippen molar-refractivity contribution in [1.29, 1.82) is 5.26 Å². The number of carbonyl (C=O) groups excluding carboxylic acids is 1. The van der Waals surface area contributed by atoms with Gasteiger partial charge >= 0.3 is 0 Å². The number of furan rings is 1. The fraction of sp³-hybridized carbons (Fsp3) is 0.550. The molecule has 1 aliphatic rings. The predicted molar refractivity (Wildman–Crippen MR) is 101 cm³/mol. The van der Waals surface area contributed by atoms with Gasteiger partial charge in [-0.1, -0.05) is 20.3 Å². The molecule has 2 atom stereocenters. The van der Waals surface area contributed by atoms with Crippen LogP contribution in [0.5, 0.6) is 0 Å². The summed E-state index contributed by atoms with van der Waals surface area (Å²) in [6, 6.07) is 5.75. The van der Waals surface area contributed by atoms with Gasteiger partial charge in [0, 0.05) is 25.0 Å². The topological polar surface area (TPSA) is 95.3 Å². The van der Waals surface area contributed by atoms with Gasteiger partial charge in [0.1, 0.15) is 6.07 Å². The molecular formula is C20H26N4O3. The molecule has 1 saturated heterocycles. The molecule has 0 aliphatic carbocycles. The van der Waals surface area contributed by atoms with Crippen molar-refractivity contribution in [3.05, 3.63) is 24.1 Å². The van der Waals surface area contributed by atoms with Crippen LogP contribution < -0.4 is 10.2 Å². The highest BCUT2D eigenvalue weighted by molar-refractivity contribution is 5.79.